The van der Waals surface area contributed by atoms with Gasteiger partial charge in [-0.3, -0.25) is 9.59 Å². The summed E-state index contributed by atoms with van der Waals surface area (Å²) in [5.74, 6) is -4.23. The van der Waals surface area contributed by atoms with Gasteiger partial charge in [-0.2, -0.15) is 0 Å². The molecule has 1 aromatic carbocycles. The van der Waals surface area contributed by atoms with E-state index < -0.39 is 36.3 Å². The van der Waals surface area contributed by atoms with Crippen LogP contribution in [0.5, 0.6) is 0 Å². The SMILES string of the molecule is CCOC(=O)C1=C(C)NC(C)=C(C(=O)OCC)C1C(=O)OCC(=O)Nc1c(C)cccc1C(C)C. The van der Waals surface area contributed by atoms with Gasteiger partial charge >= 0.3 is 17.9 Å². The van der Waals surface area contributed by atoms with Gasteiger partial charge in [0, 0.05) is 17.1 Å². The third-order valence-electron chi connectivity index (χ3n) is 5.52. The minimum Gasteiger partial charge on any atom is -0.463 e. The molecule has 35 heavy (non-hydrogen) atoms. The molecular weight excluding hydrogens is 452 g/mol. The van der Waals surface area contributed by atoms with Gasteiger partial charge in [0.2, 0.25) is 0 Å². The van der Waals surface area contributed by atoms with Crippen LogP contribution in [0.15, 0.2) is 40.7 Å². The van der Waals surface area contributed by atoms with Crippen LogP contribution in [0.3, 0.4) is 0 Å². The fourth-order valence-corrected chi connectivity index (χ4v) is 3.93. The third-order valence-corrected chi connectivity index (χ3v) is 5.52. The summed E-state index contributed by atoms with van der Waals surface area (Å²) in [5.41, 5.74) is 3.06. The van der Waals surface area contributed by atoms with E-state index in [-0.39, 0.29) is 30.3 Å². The van der Waals surface area contributed by atoms with Gasteiger partial charge in [-0.1, -0.05) is 32.0 Å². The van der Waals surface area contributed by atoms with E-state index in [0.717, 1.165) is 11.1 Å². The molecule has 9 heteroatoms. The number of nitrogens with one attached hydrogen (secondary N) is 2. The van der Waals surface area contributed by atoms with E-state index in [1.54, 1.807) is 27.7 Å². The van der Waals surface area contributed by atoms with Crippen molar-refractivity contribution in [3.63, 3.8) is 0 Å². The van der Waals surface area contributed by atoms with Crippen LogP contribution in [0.25, 0.3) is 0 Å². The Bertz CT molecular complexity index is 1030. The molecule has 0 saturated carbocycles. The number of dihydropyridines is 1. The quantitative estimate of drug-likeness (QED) is 0.402. The number of amides is 1. The van der Waals surface area contributed by atoms with E-state index >= 15 is 0 Å². The van der Waals surface area contributed by atoms with Gasteiger partial charge in [0.1, 0.15) is 5.92 Å². The lowest BCUT2D eigenvalue weighted by molar-refractivity contribution is -0.153. The number of allylic oxidation sites excluding steroid dienone is 2. The van der Waals surface area contributed by atoms with Crippen molar-refractivity contribution in [2.75, 3.05) is 25.1 Å². The third kappa shape index (κ3) is 6.49. The second kappa shape index (κ2) is 12.2. The molecule has 190 valence electrons. The van der Waals surface area contributed by atoms with Crippen molar-refractivity contribution in [1.82, 2.24) is 5.32 Å². The molecule has 2 N–H and O–H groups in total. The Labute approximate surface area is 205 Å². The Balaban J connectivity index is 2.30. The highest BCUT2D eigenvalue weighted by atomic mass is 16.5. The summed E-state index contributed by atoms with van der Waals surface area (Å²) in [7, 11) is 0. The highest BCUT2D eigenvalue weighted by Gasteiger charge is 2.42. The Morgan fingerprint density at radius 2 is 1.46 bits per heavy atom. The fourth-order valence-electron chi connectivity index (χ4n) is 3.93. The number of hydrogen-bond acceptors (Lipinski definition) is 8. The Kier molecular flexibility index (Phi) is 9.62. The van der Waals surface area contributed by atoms with E-state index in [1.165, 1.54) is 0 Å². The van der Waals surface area contributed by atoms with Crippen LogP contribution in [0.2, 0.25) is 0 Å². The van der Waals surface area contributed by atoms with E-state index in [9.17, 15) is 19.2 Å². The molecule has 0 fully saturated rings. The Morgan fingerprint density at radius 3 is 1.94 bits per heavy atom. The van der Waals surface area contributed by atoms with Gasteiger partial charge in [-0.05, 0) is 51.7 Å². The maximum Gasteiger partial charge on any atom is 0.337 e. The molecule has 0 radical (unpaired) electrons. The first kappa shape index (κ1) is 27.6. The van der Waals surface area contributed by atoms with Crippen LogP contribution in [-0.4, -0.2) is 43.6 Å². The average molecular weight is 487 g/mol. The Morgan fingerprint density at radius 1 is 0.914 bits per heavy atom. The van der Waals surface area contributed by atoms with Gasteiger partial charge < -0.3 is 24.8 Å². The first-order valence-corrected chi connectivity index (χ1v) is 11.6. The number of para-hydroxylation sites is 1. The van der Waals surface area contributed by atoms with Crippen molar-refractivity contribution in [3.05, 3.63) is 51.9 Å². The van der Waals surface area contributed by atoms with Gasteiger partial charge in [-0.25, -0.2) is 9.59 Å². The largest absolute Gasteiger partial charge is 0.463 e. The van der Waals surface area contributed by atoms with Crippen LogP contribution < -0.4 is 10.6 Å². The number of ether oxygens (including phenoxy) is 3. The van der Waals surface area contributed by atoms with Crippen LogP contribution in [0.1, 0.15) is 58.6 Å². The lowest BCUT2D eigenvalue weighted by Gasteiger charge is -2.28. The zero-order valence-corrected chi connectivity index (χ0v) is 21.4. The van der Waals surface area contributed by atoms with Crippen LogP contribution >= 0.6 is 0 Å². The maximum absolute atomic E-state index is 13.2. The van der Waals surface area contributed by atoms with E-state index in [4.69, 9.17) is 14.2 Å². The number of carbonyl (C=O) groups is 4. The summed E-state index contributed by atoms with van der Waals surface area (Å²) >= 11 is 0. The number of benzene rings is 1. The average Bonchev–Trinajstić information content (AvgIpc) is 2.78. The van der Waals surface area contributed by atoms with Gasteiger partial charge in [0.05, 0.1) is 24.4 Å². The Hall–Kier alpha value is -3.62. The molecule has 0 aromatic heterocycles. The predicted molar refractivity (Wildman–Crippen MR) is 130 cm³/mol. The minimum atomic E-state index is -1.40. The molecule has 9 nitrogen and oxygen atoms in total. The smallest absolute Gasteiger partial charge is 0.337 e. The normalized spacial score (nSPS) is 13.9. The molecule has 1 aromatic rings. The van der Waals surface area contributed by atoms with Gasteiger partial charge in [-0.15, -0.1) is 0 Å². The maximum atomic E-state index is 13.2. The summed E-state index contributed by atoms with van der Waals surface area (Å²) in [6.07, 6.45) is 0. The minimum absolute atomic E-state index is 0.0630. The van der Waals surface area contributed by atoms with Crippen molar-refractivity contribution in [2.45, 2.75) is 54.4 Å². The number of hydrogen-bond donors (Lipinski definition) is 2. The molecule has 1 aliphatic heterocycles. The van der Waals surface area contributed by atoms with Crippen LogP contribution in [-0.2, 0) is 33.4 Å². The molecule has 1 heterocycles. The topological polar surface area (TPSA) is 120 Å². The summed E-state index contributed by atoms with van der Waals surface area (Å²) in [6.45, 7) is 11.9. The molecular formula is C26H34N2O7. The van der Waals surface area contributed by atoms with E-state index in [1.807, 2.05) is 39.0 Å². The monoisotopic (exact) mass is 486 g/mol. The number of carbonyl (C=O) groups excluding carboxylic acids is 4. The molecule has 0 unspecified atom stereocenters. The molecule has 1 amide bonds. The van der Waals surface area contributed by atoms with Crippen LogP contribution in [0.4, 0.5) is 5.69 Å². The lowest BCUT2D eigenvalue weighted by atomic mass is 9.85. The van der Waals surface area contributed by atoms with E-state index in [0.29, 0.717) is 17.1 Å². The highest BCUT2D eigenvalue weighted by molar-refractivity contribution is 6.06. The first-order chi connectivity index (χ1) is 16.5. The molecule has 0 aliphatic carbocycles. The van der Waals surface area contributed by atoms with Gasteiger partial charge in [0.15, 0.2) is 6.61 Å². The van der Waals surface area contributed by atoms with Crippen molar-refractivity contribution < 1.29 is 33.4 Å². The summed E-state index contributed by atoms with van der Waals surface area (Å²) in [4.78, 5) is 51.3. The summed E-state index contributed by atoms with van der Waals surface area (Å²) in [5, 5.41) is 5.74. The zero-order valence-electron chi connectivity index (χ0n) is 21.4. The number of esters is 3. The molecule has 1 aliphatic rings. The van der Waals surface area contributed by atoms with Crippen molar-refractivity contribution in [3.8, 4) is 0 Å². The zero-order chi connectivity index (χ0) is 26.3. The van der Waals surface area contributed by atoms with E-state index in [2.05, 4.69) is 10.6 Å². The molecule has 2 rings (SSSR count). The summed E-state index contributed by atoms with van der Waals surface area (Å²) in [6, 6.07) is 5.71. The second-order valence-corrected chi connectivity index (χ2v) is 8.43. The highest BCUT2D eigenvalue weighted by Crippen LogP contribution is 2.33. The molecule has 0 bridgehead atoms. The molecule has 0 atom stereocenters. The van der Waals surface area contributed by atoms with Gasteiger partial charge in [0.25, 0.3) is 5.91 Å². The number of aryl methyl sites for hydroxylation is 1. The number of anilines is 1. The van der Waals surface area contributed by atoms with Crippen molar-refractivity contribution >= 4 is 29.5 Å². The summed E-state index contributed by atoms with van der Waals surface area (Å²) < 4.78 is 15.5. The predicted octanol–water partition coefficient (Wildman–Crippen LogP) is 3.49. The molecule has 0 spiro atoms. The molecule has 0 saturated heterocycles. The van der Waals surface area contributed by atoms with Crippen LogP contribution in [0, 0.1) is 12.8 Å². The van der Waals surface area contributed by atoms with Crippen molar-refractivity contribution in [1.29, 1.82) is 0 Å². The second-order valence-electron chi connectivity index (χ2n) is 8.43. The lowest BCUT2D eigenvalue weighted by Crippen LogP contribution is -2.39. The number of rotatable bonds is 9. The fraction of sp³-hybridized carbons (Fsp3) is 0.462. The van der Waals surface area contributed by atoms with Crippen molar-refractivity contribution in [2.24, 2.45) is 5.92 Å². The standard InChI is InChI=1S/C26H34N2O7/c1-8-33-24(30)20-16(6)27-17(7)21(25(31)34-9-2)22(20)26(32)35-13-19(29)28-23-15(5)11-10-12-18(23)14(3)4/h10-12,14,22,27H,8-9,13H2,1-7H3,(H,28,29). The first-order valence-electron chi connectivity index (χ1n) is 11.6.